The van der Waals surface area contributed by atoms with E-state index < -0.39 is 0 Å². The Morgan fingerprint density at radius 2 is 1.95 bits per heavy atom. The van der Waals surface area contributed by atoms with Crippen LogP contribution in [0.2, 0.25) is 0 Å². The molecule has 0 aliphatic heterocycles. The minimum atomic E-state index is 0.709. The second-order valence-corrected chi connectivity index (χ2v) is 5.31. The van der Waals surface area contributed by atoms with E-state index in [0.717, 1.165) is 23.3 Å². The van der Waals surface area contributed by atoms with Gasteiger partial charge in [0.25, 0.3) is 0 Å². The van der Waals surface area contributed by atoms with Gasteiger partial charge in [-0.25, -0.2) is 4.68 Å². The zero-order valence-electron chi connectivity index (χ0n) is 10.7. The fourth-order valence-corrected chi connectivity index (χ4v) is 2.20. The first kappa shape index (κ1) is 13.0. The lowest BCUT2D eigenvalue weighted by molar-refractivity contribution is 0.479. The molecular weight excluding hydrogens is 320 g/mol. The predicted octanol–water partition coefficient (Wildman–Crippen LogP) is 1.92. The second kappa shape index (κ2) is 5.96. The summed E-state index contributed by atoms with van der Waals surface area (Å²) in [5.41, 5.74) is 1.18. The molecule has 2 heterocycles. The number of tetrazole rings is 1. The number of halogens is 1. The van der Waals surface area contributed by atoms with Crippen molar-refractivity contribution in [3.63, 3.8) is 0 Å². The van der Waals surface area contributed by atoms with Gasteiger partial charge in [0.2, 0.25) is 0 Å². The van der Waals surface area contributed by atoms with Gasteiger partial charge >= 0.3 is 0 Å². The average molecular weight is 333 g/mol. The van der Waals surface area contributed by atoms with Crippen LogP contribution < -0.4 is 0 Å². The number of rotatable bonds is 5. The second-order valence-electron chi connectivity index (χ2n) is 4.39. The molecule has 0 radical (unpaired) electrons. The molecule has 102 valence electrons. The number of nitrogens with zero attached hydrogens (tertiary/aromatic N) is 6. The number of benzene rings is 1. The highest BCUT2D eigenvalue weighted by atomic mass is 79.9. The summed E-state index contributed by atoms with van der Waals surface area (Å²) < 4.78 is 4.76. The molecule has 3 aromatic rings. The van der Waals surface area contributed by atoms with Gasteiger partial charge < -0.3 is 0 Å². The van der Waals surface area contributed by atoms with E-state index >= 15 is 0 Å². The molecule has 20 heavy (non-hydrogen) atoms. The molecule has 6 nitrogen and oxygen atoms in total. The summed E-state index contributed by atoms with van der Waals surface area (Å²) in [4.78, 5) is 0. The van der Waals surface area contributed by atoms with Crippen LogP contribution in [0.4, 0.5) is 0 Å². The minimum absolute atomic E-state index is 0.709. The van der Waals surface area contributed by atoms with Gasteiger partial charge in [-0.1, -0.05) is 28.1 Å². The summed E-state index contributed by atoms with van der Waals surface area (Å²) in [6.45, 7) is 1.46. The monoisotopic (exact) mass is 332 g/mol. The first-order chi connectivity index (χ1) is 9.81. The van der Waals surface area contributed by atoms with Crippen LogP contribution in [0.3, 0.4) is 0 Å². The third kappa shape index (κ3) is 3.11. The van der Waals surface area contributed by atoms with E-state index in [1.54, 1.807) is 6.20 Å². The van der Waals surface area contributed by atoms with Gasteiger partial charge in [-0.3, -0.25) is 4.68 Å². The first-order valence-corrected chi connectivity index (χ1v) is 7.07. The van der Waals surface area contributed by atoms with Gasteiger partial charge in [-0.15, -0.1) is 5.10 Å². The van der Waals surface area contributed by atoms with E-state index in [9.17, 15) is 0 Å². The van der Waals surface area contributed by atoms with Crippen LogP contribution >= 0.6 is 15.9 Å². The van der Waals surface area contributed by atoms with Crippen molar-refractivity contribution in [3.05, 3.63) is 58.6 Å². The SMILES string of the molecule is Brc1ccc(Cc2nnnn2CCn2cccn2)cc1. The summed E-state index contributed by atoms with van der Waals surface area (Å²) in [5.74, 6) is 0.861. The number of aromatic nitrogens is 6. The number of hydrogen-bond acceptors (Lipinski definition) is 4. The van der Waals surface area contributed by atoms with E-state index in [4.69, 9.17) is 0 Å². The first-order valence-electron chi connectivity index (χ1n) is 6.28. The van der Waals surface area contributed by atoms with Gasteiger partial charge in [0.15, 0.2) is 5.82 Å². The Morgan fingerprint density at radius 1 is 1.10 bits per heavy atom. The van der Waals surface area contributed by atoms with Gasteiger partial charge in [0, 0.05) is 23.3 Å². The highest BCUT2D eigenvalue weighted by Crippen LogP contribution is 2.12. The van der Waals surface area contributed by atoms with Crippen molar-refractivity contribution in [1.82, 2.24) is 30.0 Å². The zero-order valence-corrected chi connectivity index (χ0v) is 12.3. The predicted molar refractivity (Wildman–Crippen MR) is 77.0 cm³/mol. The summed E-state index contributed by atoms with van der Waals surface area (Å²) in [7, 11) is 0. The maximum absolute atomic E-state index is 4.17. The fraction of sp³-hybridized carbons (Fsp3) is 0.231. The van der Waals surface area contributed by atoms with E-state index in [1.165, 1.54) is 5.56 Å². The zero-order chi connectivity index (χ0) is 13.8. The molecule has 0 bridgehead atoms. The Labute approximate surface area is 124 Å². The standard InChI is InChI=1S/C13H13BrN6/c14-12-4-2-11(3-5-12)10-13-16-17-18-20(13)9-8-19-7-1-6-15-19/h1-7H,8-10H2. The van der Waals surface area contributed by atoms with E-state index in [-0.39, 0.29) is 0 Å². The van der Waals surface area contributed by atoms with Crippen molar-refractivity contribution in [3.8, 4) is 0 Å². The summed E-state index contributed by atoms with van der Waals surface area (Å²) in [6, 6.07) is 10.1. The van der Waals surface area contributed by atoms with Crippen LogP contribution in [0, 0.1) is 0 Å². The molecular formula is C13H13BrN6. The van der Waals surface area contributed by atoms with Crippen LogP contribution in [0.5, 0.6) is 0 Å². The summed E-state index contributed by atoms with van der Waals surface area (Å²) in [6.07, 6.45) is 4.42. The Hall–Kier alpha value is -2.02. The van der Waals surface area contributed by atoms with Crippen LogP contribution in [0.1, 0.15) is 11.4 Å². The lowest BCUT2D eigenvalue weighted by atomic mass is 10.1. The molecule has 0 fully saturated rings. The Kier molecular flexibility index (Phi) is 3.87. The lowest BCUT2D eigenvalue weighted by Gasteiger charge is -2.05. The van der Waals surface area contributed by atoms with Crippen LogP contribution in [-0.4, -0.2) is 30.0 Å². The molecule has 2 aromatic heterocycles. The van der Waals surface area contributed by atoms with E-state index in [1.807, 2.05) is 33.8 Å². The number of aryl methyl sites for hydroxylation is 2. The average Bonchev–Trinajstić information content (AvgIpc) is 3.10. The highest BCUT2D eigenvalue weighted by Gasteiger charge is 2.07. The third-order valence-electron chi connectivity index (χ3n) is 2.98. The molecule has 0 aliphatic rings. The van der Waals surface area contributed by atoms with E-state index in [0.29, 0.717) is 6.54 Å². The normalized spacial score (nSPS) is 10.8. The fourth-order valence-electron chi connectivity index (χ4n) is 1.94. The van der Waals surface area contributed by atoms with Crippen molar-refractivity contribution < 1.29 is 0 Å². The quantitative estimate of drug-likeness (QED) is 0.716. The van der Waals surface area contributed by atoms with E-state index in [2.05, 4.69) is 48.7 Å². The topological polar surface area (TPSA) is 61.4 Å². The number of hydrogen-bond donors (Lipinski definition) is 0. The van der Waals surface area contributed by atoms with Crippen molar-refractivity contribution in [1.29, 1.82) is 0 Å². The van der Waals surface area contributed by atoms with Crippen LogP contribution in [0.15, 0.2) is 47.2 Å². The molecule has 7 heteroatoms. The van der Waals surface area contributed by atoms with Gasteiger partial charge in [-0.05, 0) is 34.2 Å². The maximum atomic E-state index is 4.17. The molecule has 0 N–H and O–H groups in total. The Balaban J connectivity index is 1.68. The molecule has 0 unspecified atom stereocenters. The molecule has 0 amide bonds. The van der Waals surface area contributed by atoms with Crippen molar-refractivity contribution in [2.24, 2.45) is 0 Å². The highest BCUT2D eigenvalue weighted by molar-refractivity contribution is 9.10. The van der Waals surface area contributed by atoms with Crippen molar-refractivity contribution >= 4 is 15.9 Å². The van der Waals surface area contributed by atoms with Gasteiger partial charge in [0.05, 0.1) is 13.1 Å². The van der Waals surface area contributed by atoms with Gasteiger partial charge in [-0.2, -0.15) is 5.10 Å². The molecule has 0 atom stereocenters. The molecule has 0 aliphatic carbocycles. The van der Waals surface area contributed by atoms with Crippen molar-refractivity contribution in [2.75, 3.05) is 0 Å². The van der Waals surface area contributed by atoms with Crippen LogP contribution in [-0.2, 0) is 19.5 Å². The Bertz CT molecular complexity index is 658. The summed E-state index contributed by atoms with van der Waals surface area (Å²) >= 11 is 3.43. The van der Waals surface area contributed by atoms with Gasteiger partial charge in [0.1, 0.15) is 0 Å². The smallest absolute Gasteiger partial charge is 0.155 e. The lowest BCUT2D eigenvalue weighted by Crippen LogP contribution is -2.12. The minimum Gasteiger partial charge on any atom is -0.271 e. The maximum Gasteiger partial charge on any atom is 0.155 e. The molecule has 0 saturated carbocycles. The molecule has 0 saturated heterocycles. The molecule has 3 rings (SSSR count). The third-order valence-corrected chi connectivity index (χ3v) is 3.51. The summed E-state index contributed by atoms with van der Waals surface area (Å²) in [5, 5.41) is 16.1. The largest absolute Gasteiger partial charge is 0.271 e. The van der Waals surface area contributed by atoms with Crippen LogP contribution in [0.25, 0.3) is 0 Å². The van der Waals surface area contributed by atoms with Crippen molar-refractivity contribution in [2.45, 2.75) is 19.5 Å². The molecule has 0 spiro atoms. The Morgan fingerprint density at radius 3 is 2.70 bits per heavy atom. The molecule has 1 aromatic carbocycles.